The van der Waals surface area contributed by atoms with Gasteiger partial charge in [-0.1, -0.05) is 31.9 Å². The van der Waals surface area contributed by atoms with Crippen LogP contribution in [0.2, 0.25) is 0 Å². The zero-order valence-electron chi connectivity index (χ0n) is 19.4. The molecule has 0 saturated heterocycles. The molecule has 2 rings (SSSR count). The molecule has 37 heavy (non-hydrogen) atoms. The Morgan fingerprint density at radius 1 is 0.649 bits per heavy atom. The lowest BCUT2D eigenvalue weighted by Gasteiger charge is -2.43. The highest BCUT2D eigenvalue weighted by Crippen LogP contribution is 2.62. The van der Waals surface area contributed by atoms with Gasteiger partial charge in [0, 0.05) is 5.92 Å². The van der Waals surface area contributed by atoms with Crippen LogP contribution in [0.25, 0.3) is 0 Å². The number of halogens is 13. The topological polar surface area (TPSA) is 9.23 Å². The van der Waals surface area contributed by atoms with Crippen LogP contribution in [0.3, 0.4) is 0 Å². The Labute approximate surface area is 204 Å². The fourth-order valence-corrected chi connectivity index (χ4v) is 4.21. The monoisotopic (exact) mass is 564 g/mol. The van der Waals surface area contributed by atoms with Crippen molar-refractivity contribution >= 4 is 0 Å². The van der Waals surface area contributed by atoms with Crippen molar-refractivity contribution in [3.05, 3.63) is 29.8 Å². The highest BCUT2D eigenvalue weighted by Gasteiger charge is 2.91. The van der Waals surface area contributed by atoms with Crippen LogP contribution < -0.4 is 4.74 Å². The third-order valence-electron chi connectivity index (χ3n) is 6.57. The van der Waals surface area contributed by atoms with Gasteiger partial charge in [-0.2, -0.15) is 57.1 Å². The Morgan fingerprint density at radius 3 is 1.59 bits per heavy atom. The second kappa shape index (κ2) is 10.7. The van der Waals surface area contributed by atoms with E-state index in [9.17, 15) is 57.1 Å². The lowest BCUT2D eigenvalue weighted by Crippen LogP contribution is -2.71. The van der Waals surface area contributed by atoms with E-state index >= 15 is 0 Å². The molecule has 0 aromatic heterocycles. The second-order valence-corrected chi connectivity index (χ2v) is 9.09. The highest BCUT2D eigenvalue weighted by atomic mass is 19.4. The van der Waals surface area contributed by atoms with E-state index in [1.165, 1.54) is 0 Å². The van der Waals surface area contributed by atoms with Gasteiger partial charge in [0.25, 0.3) is 0 Å². The molecule has 214 valence electrons. The zero-order valence-corrected chi connectivity index (χ0v) is 19.4. The molecule has 0 bridgehead atoms. The molecular weight excluding hydrogens is 539 g/mol. The fraction of sp³-hybridized carbons (Fsp3) is 0.739. The van der Waals surface area contributed by atoms with Crippen molar-refractivity contribution < 1.29 is 61.8 Å². The highest BCUT2D eigenvalue weighted by molar-refractivity contribution is 5.30. The summed E-state index contributed by atoms with van der Waals surface area (Å²) < 4.78 is 180. The normalized spacial score (nSPS) is 20.7. The molecule has 0 aliphatic heterocycles. The molecule has 1 aliphatic rings. The van der Waals surface area contributed by atoms with Crippen LogP contribution in [0.5, 0.6) is 5.75 Å². The van der Waals surface area contributed by atoms with Gasteiger partial charge >= 0.3 is 35.8 Å². The summed E-state index contributed by atoms with van der Waals surface area (Å²) in [5.74, 6) is -39.2. The molecule has 0 unspecified atom stereocenters. The van der Waals surface area contributed by atoms with E-state index in [1.807, 2.05) is 6.92 Å². The van der Waals surface area contributed by atoms with Crippen LogP contribution in [-0.2, 0) is 0 Å². The number of ether oxygens (including phenoxy) is 1. The average molecular weight is 564 g/mol. The fourth-order valence-electron chi connectivity index (χ4n) is 4.21. The van der Waals surface area contributed by atoms with E-state index < -0.39 is 60.5 Å². The number of rotatable bonds is 11. The van der Waals surface area contributed by atoms with Crippen molar-refractivity contribution in [3.8, 4) is 5.75 Å². The lowest BCUT2D eigenvalue weighted by atomic mass is 9.74. The van der Waals surface area contributed by atoms with Gasteiger partial charge in [-0.25, -0.2) is 0 Å². The number of hydrogen-bond acceptors (Lipinski definition) is 1. The largest absolute Gasteiger partial charge is 0.494 e. The third-order valence-corrected chi connectivity index (χ3v) is 6.57. The summed E-state index contributed by atoms with van der Waals surface area (Å²) in [6, 6.07) is 6.33. The maximum absolute atomic E-state index is 14.4. The van der Waals surface area contributed by atoms with Gasteiger partial charge < -0.3 is 4.74 Å². The molecule has 14 heteroatoms. The molecule has 0 spiro atoms. The van der Waals surface area contributed by atoms with Crippen LogP contribution >= 0.6 is 0 Å². The van der Waals surface area contributed by atoms with Crippen LogP contribution in [0.4, 0.5) is 57.1 Å². The maximum atomic E-state index is 14.4. The van der Waals surface area contributed by atoms with Gasteiger partial charge in [-0.3, -0.25) is 0 Å². The smallest absolute Gasteiger partial charge is 0.460 e. The summed E-state index contributed by atoms with van der Waals surface area (Å²) in [4.78, 5) is 0. The molecule has 0 amide bonds. The first-order chi connectivity index (χ1) is 16.8. The molecule has 0 atom stereocenters. The quantitative estimate of drug-likeness (QED) is 0.192. The lowest BCUT2D eigenvalue weighted by molar-refractivity contribution is -0.443. The Bertz CT molecular complexity index is 870. The van der Waals surface area contributed by atoms with Crippen molar-refractivity contribution in [1.29, 1.82) is 0 Å². The number of alkyl halides is 13. The van der Waals surface area contributed by atoms with Gasteiger partial charge in [0.15, 0.2) is 0 Å². The first kappa shape index (κ1) is 31.3. The van der Waals surface area contributed by atoms with Crippen molar-refractivity contribution in [2.75, 3.05) is 6.61 Å². The number of benzene rings is 1. The van der Waals surface area contributed by atoms with Crippen molar-refractivity contribution in [2.24, 2.45) is 5.92 Å². The van der Waals surface area contributed by atoms with Crippen molar-refractivity contribution in [3.63, 3.8) is 0 Å². The van der Waals surface area contributed by atoms with Gasteiger partial charge in [-0.05, 0) is 55.7 Å². The minimum absolute atomic E-state index is 0.270. The molecule has 1 aromatic rings. The molecule has 1 nitrogen and oxygen atoms in total. The summed E-state index contributed by atoms with van der Waals surface area (Å²) in [5, 5.41) is 0. The van der Waals surface area contributed by atoms with Crippen molar-refractivity contribution in [1.82, 2.24) is 0 Å². The van der Waals surface area contributed by atoms with E-state index in [-0.39, 0.29) is 12.8 Å². The summed E-state index contributed by atoms with van der Waals surface area (Å²) in [6.45, 7) is 2.47. The van der Waals surface area contributed by atoms with Gasteiger partial charge in [0.2, 0.25) is 0 Å². The SMILES string of the molecule is CCCCCOc1ccc(C2CCC(C(F)(F)C(F)(F)C(F)(F)C(F)(F)C(F)(F)C(F)(F)F)CC2)cc1. The molecular formula is C23H25F13O. The summed E-state index contributed by atoms with van der Waals surface area (Å²) >= 11 is 0. The van der Waals surface area contributed by atoms with Crippen LogP contribution in [0, 0.1) is 5.92 Å². The first-order valence-electron chi connectivity index (χ1n) is 11.4. The van der Waals surface area contributed by atoms with Gasteiger partial charge in [0.1, 0.15) is 5.75 Å². The zero-order chi connectivity index (χ0) is 28.5. The summed E-state index contributed by atoms with van der Waals surface area (Å²) in [7, 11) is 0. The van der Waals surface area contributed by atoms with Crippen LogP contribution in [0.1, 0.15) is 63.4 Å². The van der Waals surface area contributed by atoms with Gasteiger partial charge in [0.05, 0.1) is 6.61 Å². The summed E-state index contributed by atoms with van der Waals surface area (Å²) in [6.07, 6.45) is -6.96. The molecule has 1 fully saturated rings. The minimum atomic E-state index is -7.86. The Morgan fingerprint density at radius 2 is 1.14 bits per heavy atom. The minimum Gasteiger partial charge on any atom is -0.494 e. The Balaban J connectivity index is 2.14. The Hall–Kier alpha value is -1.89. The first-order valence-corrected chi connectivity index (χ1v) is 11.4. The van der Waals surface area contributed by atoms with Crippen LogP contribution in [0.15, 0.2) is 24.3 Å². The molecule has 0 heterocycles. The van der Waals surface area contributed by atoms with E-state index in [2.05, 4.69) is 0 Å². The summed E-state index contributed by atoms with van der Waals surface area (Å²) in [5.41, 5.74) is 0.580. The molecule has 1 aliphatic carbocycles. The van der Waals surface area contributed by atoms with E-state index in [1.54, 1.807) is 24.3 Å². The second-order valence-electron chi connectivity index (χ2n) is 9.09. The number of unbranched alkanes of at least 4 members (excludes halogenated alkanes) is 2. The van der Waals surface area contributed by atoms with Crippen LogP contribution in [-0.4, -0.2) is 42.4 Å². The Kier molecular flexibility index (Phi) is 9.06. The third kappa shape index (κ3) is 5.62. The molecule has 1 aromatic carbocycles. The predicted molar refractivity (Wildman–Crippen MR) is 107 cm³/mol. The van der Waals surface area contributed by atoms with Gasteiger partial charge in [-0.15, -0.1) is 0 Å². The van der Waals surface area contributed by atoms with E-state index in [0.717, 1.165) is 19.3 Å². The van der Waals surface area contributed by atoms with E-state index in [0.29, 0.717) is 17.9 Å². The number of hydrogen-bond donors (Lipinski definition) is 0. The molecule has 0 N–H and O–H groups in total. The van der Waals surface area contributed by atoms with Crippen molar-refractivity contribution in [2.45, 2.75) is 93.6 Å². The average Bonchev–Trinajstić information content (AvgIpc) is 2.81. The maximum Gasteiger partial charge on any atom is 0.460 e. The molecule has 1 saturated carbocycles. The predicted octanol–water partition coefficient (Wildman–Crippen LogP) is 9.27. The van der Waals surface area contributed by atoms with E-state index in [4.69, 9.17) is 4.74 Å². The molecule has 0 radical (unpaired) electrons. The standard InChI is InChI=1S/C23H25F13O/c1-2-3-4-13-37-17-11-7-15(8-12-17)14-5-9-16(10-6-14)18(24,25)19(26,27)20(28,29)21(30,31)22(32,33)23(34,35)36/h7-8,11-12,14,16H,2-6,9-10,13H2,1H3.